The predicted molar refractivity (Wildman–Crippen MR) is 77.8 cm³/mol. The van der Waals surface area contributed by atoms with E-state index in [1.54, 1.807) is 0 Å². The van der Waals surface area contributed by atoms with Crippen LogP contribution in [0.25, 0.3) is 0 Å². The Morgan fingerprint density at radius 2 is 2.11 bits per heavy atom. The molecule has 2 rings (SSSR count). The zero-order valence-electron chi connectivity index (χ0n) is 12.6. The molecule has 1 amide bonds. The average molecular weight is 267 g/mol. The highest BCUT2D eigenvalue weighted by atomic mass is 16.1. The quantitative estimate of drug-likeness (QED) is 0.735. The van der Waals surface area contributed by atoms with Crippen molar-refractivity contribution in [2.75, 3.05) is 13.6 Å². The number of nitrogens with two attached hydrogens (primary N) is 1. The van der Waals surface area contributed by atoms with Crippen LogP contribution in [0, 0.1) is 5.92 Å². The van der Waals surface area contributed by atoms with E-state index in [0.29, 0.717) is 12.0 Å². The third kappa shape index (κ3) is 3.29. The van der Waals surface area contributed by atoms with Gasteiger partial charge in [-0.3, -0.25) is 4.79 Å². The van der Waals surface area contributed by atoms with Crippen molar-refractivity contribution in [3.05, 3.63) is 0 Å². The zero-order valence-corrected chi connectivity index (χ0v) is 12.6. The minimum Gasteiger partial charge on any atom is -0.368 e. The van der Waals surface area contributed by atoms with E-state index in [1.807, 2.05) is 0 Å². The molecule has 110 valence electrons. The molecule has 2 aliphatic carbocycles. The van der Waals surface area contributed by atoms with Crippen molar-refractivity contribution < 1.29 is 4.79 Å². The lowest BCUT2D eigenvalue weighted by Gasteiger charge is -2.36. The largest absolute Gasteiger partial charge is 0.368 e. The molecule has 2 saturated carbocycles. The molecule has 0 bridgehead atoms. The fourth-order valence-corrected chi connectivity index (χ4v) is 3.63. The third-order valence-corrected chi connectivity index (χ3v) is 4.81. The number of nitrogens with one attached hydrogen (secondary N) is 1. The minimum absolute atomic E-state index is 0.155. The number of nitrogens with zero attached hydrogens (tertiary/aromatic N) is 1. The summed E-state index contributed by atoms with van der Waals surface area (Å²) >= 11 is 0. The van der Waals surface area contributed by atoms with Gasteiger partial charge in [-0.25, -0.2) is 0 Å². The summed E-state index contributed by atoms with van der Waals surface area (Å²) in [6.07, 6.45) is 6.90. The van der Waals surface area contributed by atoms with E-state index in [9.17, 15) is 4.79 Å². The predicted octanol–water partition coefficient (Wildman–Crippen LogP) is 1.49. The lowest BCUT2D eigenvalue weighted by atomic mass is 9.83. The number of carbonyl (C=O) groups excluding carboxylic acids is 1. The van der Waals surface area contributed by atoms with Crippen molar-refractivity contribution in [1.82, 2.24) is 10.2 Å². The number of amides is 1. The van der Waals surface area contributed by atoms with Gasteiger partial charge in [0.2, 0.25) is 5.91 Å². The molecule has 0 aromatic carbocycles. The Balaban J connectivity index is 1.97. The van der Waals surface area contributed by atoms with Crippen LogP contribution < -0.4 is 11.1 Å². The first-order chi connectivity index (χ1) is 8.95. The van der Waals surface area contributed by atoms with Crippen molar-refractivity contribution in [3.8, 4) is 0 Å². The van der Waals surface area contributed by atoms with E-state index in [4.69, 9.17) is 5.73 Å². The molecular weight excluding hydrogens is 238 g/mol. The van der Waals surface area contributed by atoms with Gasteiger partial charge in [0.1, 0.15) is 5.54 Å². The lowest BCUT2D eigenvalue weighted by molar-refractivity contribution is -0.126. The van der Waals surface area contributed by atoms with Crippen LogP contribution in [0.3, 0.4) is 0 Å². The Kier molecular flexibility index (Phi) is 4.51. The molecular formula is C15H29N3O. The molecule has 0 spiro atoms. The average Bonchev–Trinajstić information content (AvgIpc) is 3.09. The summed E-state index contributed by atoms with van der Waals surface area (Å²) in [5, 5.41) is 3.48. The van der Waals surface area contributed by atoms with Gasteiger partial charge >= 0.3 is 0 Å². The molecule has 2 atom stereocenters. The number of rotatable bonds is 7. The number of hydrogen-bond acceptors (Lipinski definition) is 3. The molecule has 19 heavy (non-hydrogen) atoms. The second-order valence-corrected chi connectivity index (χ2v) is 6.72. The molecule has 4 heteroatoms. The Bertz CT molecular complexity index is 327. The summed E-state index contributed by atoms with van der Waals surface area (Å²) in [6.45, 7) is 5.27. The SMILES string of the molecule is CC(C)NC1(C(N)=O)CCCC1CCN(C)C1CC1. The minimum atomic E-state index is -0.460. The molecule has 0 aromatic rings. The second kappa shape index (κ2) is 5.80. The fraction of sp³-hybridized carbons (Fsp3) is 0.933. The van der Waals surface area contributed by atoms with Crippen LogP contribution >= 0.6 is 0 Å². The lowest BCUT2D eigenvalue weighted by Crippen LogP contribution is -2.60. The van der Waals surface area contributed by atoms with Gasteiger partial charge in [-0.1, -0.05) is 6.42 Å². The number of carbonyl (C=O) groups is 1. The van der Waals surface area contributed by atoms with Gasteiger partial charge in [-0.2, -0.15) is 0 Å². The van der Waals surface area contributed by atoms with Crippen molar-refractivity contribution in [2.45, 2.75) is 70.0 Å². The van der Waals surface area contributed by atoms with Gasteiger partial charge in [0.25, 0.3) is 0 Å². The first kappa shape index (κ1) is 14.8. The normalized spacial score (nSPS) is 31.3. The maximum Gasteiger partial charge on any atom is 0.238 e. The number of primary amides is 1. The van der Waals surface area contributed by atoms with E-state index in [0.717, 1.165) is 38.3 Å². The first-order valence-corrected chi connectivity index (χ1v) is 7.73. The third-order valence-electron chi connectivity index (χ3n) is 4.81. The van der Waals surface area contributed by atoms with Gasteiger partial charge in [0, 0.05) is 12.1 Å². The van der Waals surface area contributed by atoms with Gasteiger partial charge in [-0.15, -0.1) is 0 Å². The van der Waals surface area contributed by atoms with Crippen molar-refractivity contribution in [3.63, 3.8) is 0 Å². The topological polar surface area (TPSA) is 58.4 Å². The van der Waals surface area contributed by atoms with Gasteiger partial charge < -0.3 is 16.0 Å². The maximum absolute atomic E-state index is 12.0. The molecule has 2 fully saturated rings. The van der Waals surface area contributed by atoms with Crippen LogP contribution in [0.4, 0.5) is 0 Å². The second-order valence-electron chi connectivity index (χ2n) is 6.72. The molecule has 0 aromatic heterocycles. The first-order valence-electron chi connectivity index (χ1n) is 7.73. The molecule has 0 saturated heterocycles. The monoisotopic (exact) mass is 267 g/mol. The molecule has 2 unspecified atom stereocenters. The van der Waals surface area contributed by atoms with E-state index in [1.165, 1.54) is 12.8 Å². The summed E-state index contributed by atoms with van der Waals surface area (Å²) in [6, 6.07) is 1.09. The zero-order chi connectivity index (χ0) is 14.0. The number of hydrogen-bond donors (Lipinski definition) is 2. The van der Waals surface area contributed by atoms with Crippen LogP contribution in [-0.2, 0) is 4.79 Å². The van der Waals surface area contributed by atoms with Crippen molar-refractivity contribution >= 4 is 5.91 Å². The molecule has 4 nitrogen and oxygen atoms in total. The van der Waals surface area contributed by atoms with E-state index in [-0.39, 0.29) is 5.91 Å². The van der Waals surface area contributed by atoms with Crippen LogP contribution in [0.2, 0.25) is 0 Å². The highest BCUT2D eigenvalue weighted by molar-refractivity contribution is 5.85. The van der Waals surface area contributed by atoms with E-state index >= 15 is 0 Å². The van der Waals surface area contributed by atoms with Gasteiger partial charge in [0.05, 0.1) is 0 Å². The van der Waals surface area contributed by atoms with Gasteiger partial charge in [0.15, 0.2) is 0 Å². The standard InChI is InChI=1S/C15H29N3O/c1-11(2)17-15(14(16)19)9-4-5-12(15)8-10-18(3)13-6-7-13/h11-13,17H,4-10H2,1-3H3,(H2,16,19). The summed E-state index contributed by atoms with van der Waals surface area (Å²) < 4.78 is 0. The highest BCUT2D eigenvalue weighted by Gasteiger charge is 2.47. The Morgan fingerprint density at radius 1 is 1.42 bits per heavy atom. The summed E-state index contributed by atoms with van der Waals surface area (Å²) in [5.41, 5.74) is 5.28. The highest BCUT2D eigenvalue weighted by Crippen LogP contribution is 2.39. The molecule has 0 radical (unpaired) electrons. The molecule has 0 heterocycles. The van der Waals surface area contributed by atoms with Crippen LogP contribution in [0.5, 0.6) is 0 Å². The summed E-state index contributed by atoms with van der Waals surface area (Å²) in [4.78, 5) is 14.5. The maximum atomic E-state index is 12.0. The van der Waals surface area contributed by atoms with Crippen LogP contribution in [0.15, 0.2) is 0 Å². The smallest absolute Gasteiger partial charge is 0.238 e. The van der Waals surface area contributed by atoms with Crippen LogP contribution in [0.1, 0.15) is 52.4 Å². The Labute approximate surface area is 117 Å². The van der Waals surface area contributed by atoms with Crippen molar-refractivity contribution in [1.29, 1.82) is 0 Å². The Hall–Kier alpha value is -0.610. The van der Waals surface area contributed by atoms with E-state index in [2.05, 4.69) is 31.1 Å². The fourth-order valence-electron chi connectivity index (χ4n) is 3.63. The Morgan fingerprint density at radius 3 is 2.63 bits per heavy atom. The van der Waals surface area contributed by atoms with Gasteiger partial charge in [-0.05, 0) is 65.5 Å². The molecule has 2 aliphatic rings. The van der Waals surface area contributed by atoms with E-state index < -0.39 is 5.54 Å². The molecule has 3 N–H and O–H groups in total. The summed E-state index contributed by atoms with van der Waals surface area (Å²) in [5.74, 6) is 0.242. The molecule has 0 aliphatic heterocycles. The van der Waals surface area contributed by atoms with Crippen molar-refractivity contribution in [2.24, 2.45) is 11.7 Å². The summed E-state index contributed by atoms with van der Waals surface area (Å²) in [7, 11) is 2.20. The van der Waals surface area contributed by atoms with Crippen LogP contribution in [-0.4, -0.2) is 42.0 Å².